The van der Waals surface area contributed by atoms with Crippen molar-refractivity contribution in [1.82, 2.24) is 0 Å². The molecular weight excluding hydrogens is 208 g/mol. The van der Waals surface area contributed by atoms with E-state index in [2.05, 4.69) is 5.32 Å². The second kappa shape index (κ2) is 6.19. The first-order chi connectivity index (χ1) is 7.67. The SMILES string of the molecule is COCC(O)CNc1ccc(OC)cc1N. The van der Waals surface area contributed by atoms with Gasteiger partial charge in [0.2, 0.25) is 0 Å². The smallest absolute Gasteiger partial charge is 0.121 e. The molecule has 0 aromatic heterocycles. The largest absolute Gasteiger partial charge is 0.497 e. The van der Waals surface area contributed by atoms with Crippen LogP contribution in [0.2, 0.25) is 0 Å². The molecule has 0 bridgehead atoms. The molecule has 1 aromatic carbocycles. The highest BCUT2D eigenvalue weighted by molar-refractivity contribution is 5.68. The van der Waals surface area contributed by atoms with Gasteiger partial charge in [0.05, 0.1) is 31.2 Å². The molecule has 16 heavy (non-hydrogen) atoms. The number of nitrogen functional groups attached to an aromatic ring is 1. The lowest BCUT2D eigenvalue weighted by atomic mass is 10.2. The van der Waals surface area contributed by atoms with Gasteiger partial charge in [0, 0.05) is 19.7 Å². The number of hydrogen-bond acceptors (Lipinski definition) is 5. The summed E-state index contributed by atoms with van der Waals surface area (Å²) < 4.78 is 9.85. The zero-order chi connectivity index (χ0) is 12.0. The van der Waals surface area contributed by atoms with Crippen LogP contribution >= 0.6 is 0 Å². The van der Waals surface area contributed by atoms with Crippen LogP contribution in [-0.4, -0.2) is 38.6 Å². The highest BCUT2D eigenvalue weighted by atomic mass is 16.5. The van der Waals surface area contributed by atoms with E-state index in [1.807, 2.05) is 6.07 Å². The Bertz CT molecular complexity index is 331. The Morgan fingerprint density at radius 1 is 1.44 bits per heavy atom. The number of benzene rings is 1. The lowest BCUT2D eigenvalue weighted by molar-refractivity contribution is 0.0728. The van der Waals surface area contributed by atoms with Gasteiger partial charge in [0.1, 0.15) is 5.75 Å². The number of aliphatic hydroxyl groups is 1. The number of anilines is 2. The number of rotatable bonds is 6. The zero-order valence-electron chi connectivity index (χ0n) is 9.56. The molecule has 0 saturated heterocycles. The molecule has 1 rings (SSSR count). The summed E-state index contributed by atoms with van der Waals surface area (Å²) in [6.07, 6.45) is -0.550. The maximum absolute atomic E-state index is 9.45. The third kappa shape index (κ3) is 3.60. The van der Waals surface area contributed by atoms with Crippen molar-refractivity contribution in [2.24, 2.45) is 0 Å². The van der Waals surface area contributed by atoms with Crippen molar-refractivity contribution in [1.29, 1.82) is 0 Å². The second-order valence-corrected chi connectivity index (χ2v) is 3.44. The van der Waals surface area contributed by atoms with Crippen LogP contribution in [-0.2, 0) is 4.74 Å². The van der Waals surface area contributed by atoms with Crippen molar-refractivity contribution in [2.75, 3.05) is 38.4 Å². The van der Waals surface area contributed by atoms with Crippen LogP contribution in [0.25, 0.3) is 0 Å². The van der Waals surface area contributed by atoms with Crippen LogP contribution in [0.1, 0.15) is 0 Å². The maximum Gasteiger partial charge on any atom is 0.121 e. The van der Waals surface area contributed by atoms with E-state index in [0.29, 0.717) is 24.6 Å². The van der Waals surface area contributed by atoms with Gasteiger partial charge in [0.15, 0.2) is 0 Å². The number of nitrogens with two attached hydrogens (primary N) is 1. The van der Waals surface area contributed by atoms with Gasteiger partial charge in [0.25, 0.3) is 0 Å². The fraction of sp³-hybridized carbons (Fsp3) is 0.455. The van der Waals surface area contributed by atoms with E-state index < -0.39 is 6.10 Å². The minimum atomic E-state index is -0.550. The van der Waals surface area contributed by atoms with Gasteiger partial charge >= 0.3 is 0 Å². The Kier molecular flexibility index (Phi) is 4.88. The molecule has 0 aliphatic carbocycles. The molecule has 1 unspecified atom stereocenters. The van der Waals surface area contributed by atoms with E-state index in [1.54, 1.807) is 26.4 Å². The summed E-state index contributed by atoms with van der Waals surface area (Å²) in [5, 5.41) is 12.5. The molecule has 0 heterocycles. The van der Waals surface area contributed by atoms with Gasteiger partial charge in [-0.1, -0.05) is 0 Å². The topological polar surface area (TPSA) is 76.7 Å². The minimum Gasteiger partial charge on any atom is -0.497 e. The summed E-state index contributed by atoms with van der Waals surface area (Å²) in [6.45, 7) is 0.688. The van der Waals surface area contributed by atoms with E-state index >= 15 is 0 Å². The van der Waals surface area contributed by atoms with Crippen molar-refractivity contribution in [3.63, 3.8) is 0 Å². The van der Waals surface area contributed by atoms with Gasteiger partial charge < -0.3 is 25.6 Å². The average molecular weight is 226 g/mol. The van der Waals surface area contributed by atoms with Gasteiger partial charge in [-0.25, -0.2) is 0 Å². The first-order valence-electron chi connectivity index (χ1n) is 5.01. The van der Waals surface area contributed by atoms with Crippen LogP contribution in [0, 0.1) is 0 Å². The van der Waals surface area contributed by atoms with Crippen LogP contribution in [0.3, 0.4) is 0 Å². The summed E-state index contributed by atoms with van der Waals surface area (Å²) >= 11 is 0. The normalized spacial score (nSPS) is 12.2. The number of methoxy groups -OCH3 is 2. The first-order valence-corrected chi connectivity index (χ1v) is 5.01. The molecule has 0 radical (unpaired) electrons. The molecule has 90 valence electrons. The number of nitrogens with one attached hydrogen (secondary N) is 1. The number of ether oxygens (including phenoxy) is 2. The van der Waals surface area contributed by atoms with Crippen LogP contribution in [0.5, 0.6) is 5.75 Å². The fourth-order valence-electron chi connectivity index (χ4n) is 1.31. The van der Waals surface area contributed by atoms with Gasteiger partial charge in [-0.15, -0.1) is 0 Å². The third-order valence-corrected chi connectivity index (χ3v) is 2.15. The number of hydrogen-bond donors (Lipinski definition) is 3. The monoisotopic (exact) mass is 226 g/mol. The Labute approximate surface area is 95.2 Å². The van der Waals surface area contributed by atoms with Crippen LogP contribution in [0.15, 0.2) is 18.2 Å². The van der Waals surface area contributed by atoms with Crippen molar-refractivity contribution < 1.29 is 14.6 Å². The molecule has 0 fully saturated rings. The second-order valence-electron chi connectivity index (χ2n) is 3.44. The number of aliphatic hydroxyl groups excluding tert-OH is 1. The molecule has 1 aromatic rings. The zero-order valence-corrected chi connectivity index (χ0v) is 9.56. The summed E-state index contributed by atoms with van der Waals surface area (Å²) in [7, 11) is 3.13. The van der Waals surface area contributed by atoms with Gasteiger partial charge in [-0.3, -0.25) is 0 Å². The maximum atomic E-state index is 9.45. The molecule has 1 atom stereocenters. The van der Waals surface area contributed by atoms with Crippen LogP contribution < -0.4 is 15.8 Å². The fourth-order valence-corrected chi connectivity index (χ4v) is 1.31. The van der Waals surface area contributed by atoms with E-state index in [1.165, 1.54) is 0 Å². The van der Waals surface area contributed by atoms with Crippen molar-refractivity contribution in [3.05, 3.63) is 18.2 Å². The molecule has 5 heteroatoms. The molecule has 0 aliphatic rings. The summed E-state index contributed by atoms with van der Waals surface area (Å²) in [4.78, 5) is 0. The summed E-state index contributed by atoms with van der Waals surface area (Å²) in [5.41, 5.74) is 7.16. The Morgan fingerprint density at radius 2 is 2.19 bits per heavy atom. The molecule has 0 saturated carbocycles. The first kappa shape index (κ1) is 12.6. The van der Waals surface area contributed by atoms with E-state index in [4.69, 9.17) is 15.2 Å². The Morgan fingerprint density at radius 3 is 2.75 bits per heavy atom. The van der Waals surface area contributed by atoms with Crippen molar-refractivity contribution in [2.45, 2.75) is 6.10 Å². The average Bonchev–Trinajstić information content (AvgIpc) is 2.27. The minimum absolute atomic E-state index is 0.295. The molecular formula is C11H18N2O3. The van der Waals surface area contributed by atoms with E-state index in [-0.39, 0.29) is 0 Å². The van der Waals surface area contributed by atoms with E-state index in [0.717, 1.165) is 5.69 Å². The van der Waals surface area contributed by atoms with Gasteiger partial charge in [-0.05, 0) is 12.1 Å². The lowest BCUT2D eigenvalue weighted by Gasteiger charge is -2.13. The molecule has 0 spiro atoms. The quantitative estimate of drug-likeness (QED) is 0.622. The third-order valence-electron chi connectivity index (χ3n) is 2.15. The Hall–Kier alpha value is -1.46. The molecule has 4 N–H and O–H groups in total. The van der Waals surface area contributed by atoms with Crippen molar-refractivity contribution >= 4 is 11.4 Å². The predicted octanol–water partition coefficient (Wildman–Crippen LogP) is 0.697. The highest BCUT2D eigenvalue weighted by Gasteiger charge is 2.05. The molecule has 0 aliphatic heterocycles. The standard InChI is InChI=1S/C11H18N2O3/c1-15-7-8(14)6-13-11-4-3-9(16-2)5-10(11)12/h3-5,8,13-14H,6-7,12H2,1-2H3. The molecule has 0 amide bonds. The summed E-state index contributed by atoms with van der Waals surface area (Å²) in [5.74, 6) is 0.709. The Balaban J connectivity index is 2.54. The van der Waals surface area contributed by atoms with Crippen molar-refractivity contribution in [3.8, 4) is 5.75 Å². The van der Waals surface area contributed by atoms with E-state index in [9.17, 15) is 5.11 Å². The lowest BCUT2D eigenvalue weighted by Crippen LogP contribution is -2.24. The van der Waals surface area contributed by atoms with Crippen LogP contribution in [0.4, 0.5) is 11.4 Å². The summed E-state index contributed by atoms with van der Waals surface area (Å²) in [6, 6.07) is 5.35. The molecule has 5 nitrogen and oxygen atoms in total. The van der Waals surface area contributed by atoms with Gasteiger partial charge in [-0.2, -0.15) is 0 Å². The predicted molar refractivity (Wildman–Crippen MR) is 63.8 cm³/mol. The highest BCUT2D eigenvalue weighted by Crippen LogP contribution is 2.23.